The molecular weight excluding hydrogens is 350 g/mol. The fourth-order valence-corrected chi connectivity index (χ4v) is 4.15. The predicted molar refractivity (Wildman–Crippen MR) is 108 cm³/mol. The summed E-state index contributed by atoms with van der Waals surface area (Å²) >= 11 is 0. The Hall–Kier alpha value is -3.41. The normalized spacial score (nSPS) is 16.8. The van der Waals surface area contributed by atoms with Gasteiger partial charge in [0.25, 0.3) is 5.91 Å². The first kappa shape index (κ1) is 16.7. The van der Waals surface area contributed by atoms with Crippen molar-refractivity contribution in [1.82, 2.24) is 24.2 Å². The zero-order valence-corrected chi connectivity index (χ0v) is 15.7. The molecule has 28 heavy (non-hydrogen) atoms. The third kappa shape index (κ3) is 2.78. The van der Waals surface area contributed by atoms with Crippen molar-refractivity contribution in [3.63, 3.8) is 0 Å². The quantitative estimate of drug-likeness (QED) is 0.553. The van der Waals surface area contributed by atoms with Crippen LogP contribution in [-0.2, 0) is 0 Å². The maximum absolute atomic E-state index is 13.1. The second-order valence-electron chi connectivity index (χ2n) is 7.21. The molecule has 1 atom stereocenters. The van der Waals surface area contributed by atoms with Gasteiger partial charge in [-0.3, -0.25) is 4.79 Å². The van der Waals surface area contributed by atoms with Gasteiger partial charge in [0.15, 0.2) is 0 Å². The van der Waals surface area contributed by atoms with Crippen LogP contribution in [-0.4, -0.2) is 43.2 Å². The van der Waals surface area contributed by atoms with E-state index in [4.69, 9.17) is 0 Å². The molecule has 0 N–H and O–H groups in total. The summed E-state index contributed by atoms with van der Waals surface area (Å²) in [6.45, 7) is 3.49. The van der Waals surface area contributed by atoms with Gasteiger partial charge in [-0.15, -0.1) is 0 Å². The van der Waals surface area contributed by atoms with E-state index < -0.39 is 0 Å². The number of fused-ring (bicyclic) bond motifs is 1. The SMILES string of the molecule is Cc1nc2ccccc2n1[C@@H]1CCN(C(=O)c2cccc(-n3cccn3)c2)C1. The molecule has 0 saturated carbocycles. The molecular formula is C22H21N5O. The molecule has 0 unspecified atom stereocenters. The van der Waals surface area contributed by atoms with Crippen molar-refractivity contribution < 1.29 is 4.79 Å². The Bertz CT molecular complexity index is 1140. The highest BCUT2D eigenvalue weighted by Crippen LogP contribution is 2.29. The molecule has 1 fully saturated rings. The van der Waals surface area contributed by atoms with Crippen molar-refractivity contribution in [2.75, 3.05) is 13.1 Å². The molecule has 1 saturated heterocycles. The third-order valence-electron chi connectivity index (χ3n) is 5.45. The Morgan fingerprint density at radius 1 is 1.11 bits per heavy atom. The van der Waals surface area contributed by atoms with Crippen LogP contribution < -0.4 is 0 Å². The molecule has 0 radical (unpaired) electrons. The number of amides is 1. The number of nitrogens with zero attached hydrogens (tertiary/aromatic N) is 5. The first-order valence-corrected chi connectivity index (χ1v) is 9.53. The molecule has 2 aromatic heterocycles. The van der Waals surface area contributed by atoms with Crippen molar-refractivity contribution in [1.29, 1.82) is 0 Å². The first-order chi connectivity index (χ1) is 13.7. The summed E-state index contributed by atoms with van der Waals surface area (Å²) in [6.07, 6.45) is 4.55. The van der Waals surface area contributed by atoms with Crippen LogP contribution in [0.1, 0.15) is 28.6 Å². The van der Waals surface area contributed by atoms with Gasteiger partial charge in [0.1, 0.15) is 5.82 Å². The molecule has 1 aliphatic rings. The number of hydrogen-bond donors (Lipinski definition) is 0. The second kappa shape index (κ2) is 6.64. The lowest BCUT2D eigenvalue weighted by molar-refractivity contribution is 0.0787. The van der Waals surface area contributed by atoms with Gasteiger partial charge >= 0.3 is 0 Å². The van der Waals surface area contributed by atoms with Crippen LogP contribution in [0.4, 0.5) is 0 Å². The van der Waals surface area contributed by atoms with E-state index in [1.54, 1.807) is 10.9 Å². The van der Waals surface area contributed by atoms with Gasteiger partial charge in [-0.2, -0.15) is 5.10 Å². The minimum absolute atomic E-state index is 0.0681. The molecule has 140 valence electrons. The molecule has 0 bridgehead atoms. The summed E-state index contributed by atoms with van der Waals surface area (Å²) in [5.74, 6) is 1.07. The highest BCUT2D eigenvalue weighted by atomic mass is 16.2. The number of benzene rings is 2. The second-order valence-corrected chi connectivity index (χ2v) is 7.21. The number of aryl methyl sites for hydroxylation is 1. The number of imidazole rings is 1. The van der Waals surface area contributed by atoms with E-state index in [-0.39, 0.29) is 11.9 Å². The number of para-hydroxylation sites is 2. The number of rotatable bonds is 3. The largest absolute Gasteiger partial charge is 0.336 e. The summed E-state index contributed by atoms with van der Waals surface area (Å²) in [4.78, 5) is 19.7. The van der Waals surface area contributed by atoms with E-state index in [0.29, 0.717) is 12.1 Å². The monoisotopic (exact) mass is 371 g/mol. The van der Waals surface area contributed by atoms with Gasteiger partial charge < -0.3 is 9.47 Å². The molecule has 0 spiro atoms. The third-order valence-corrected chi connectivity index (χ3v) is 5.45. The fourth-order valence-electron chi connectivity index (χ4n) is 4.15. The number of carbonyl (C=O) groups is 1. The minimum Gasteiger partial charge on any atom is -0.336 e. The van der Waals surface area contributed by atoms with Crippen LogP contribution in [0, 0.1) is 6.92 Å². The molecule has 5 rings (SSSR count). The van der Waals surface area contributed by atoms with Crippen LogP contribution in [0.2, 0.25) is 0 Å². The Balaban J connectivity index is 1.39. The van der Waals surface area contributed by atoms with Crippen molar-refractivity contribution in [2.45, 2.75) is 19.4 Å². The van der Waals surface area contributed by atoms with Crippen molar-refractivity contribution >= 4 is 16.9 Å². The van der Waals surface area contributed by atoms with Crippen molar-refractivity contribution in [3.05, 3.63) is 78.4 Å². The molecule has 1 amide bonds. The average Bonchev–Trinajstić information content (AvgIpc) is 3.46. The number of carbonyl (C=O) groups excluding carboxylic acids is 1. The zero-order valence-electron chi connectivity index (χ0n) is 15.7. The Kier molecular flexibility index (Phi) is 3.97. The van der Waals surface area contributed by atoms with Crippen molar-refractivity contribution in [3.8, 4) is 5.69 Å². The Morgan fingerprint density at radius 3 is 2.86 bits per heavy atom. The summed E-state index contributed by atoms with van der Waals surface area (Å²) in [5, 5.41) is 4.25. The van der Waals surface area contributed by atoms with E-state index in [1.807, 2.05) is 66.6 Å². The fraction of sp³-hybridized carbons (Fsp3) is 0.227. The molecule has 6 nitrogen and oxygen atoms in total. The highest BCUT2D eigenvalue weighted by Gasteiger charge is 2.30. The van der Waals surface area contributed by atoms with Crippen molar-refractivity contribution in [2.24, 2.45) is 0 Å². The van der Waals surface area contributed by atoms with E-state index in [0.717, 1.165) is 35.5 Å². The zero-order chi connectivity index (χ0) is 19.1. The summed E-state index contributed by atoms with van der Waals surface area (Å²) in [7, 11) is 0. The molecule has 3 heterocycles. The molecule has 1 aliphatic heterocycles. The molecule has 6 heteroatoms. The van der Waals surface area contributed by atoms with Gasteiger partial charge in [0.05, 0.1) is 22.8 Å². The molecule has 2 aromatic carbocycles. The van der Waals surface area contributed by atoms with Crippen LogP contribution >= 0.6 is 0 Å². The maximum Gasteiger partial charge on any atom is 0.254 e. The van der Waals surface area contributed by atoms with E-state index in [2.05, 4.69) is 20.7 Å². The van der Waals surface area contributed by atoms with Crippen LogP contribution in [0.5, 0.6) is 0 Å². The lowest BCUT2D eigenvalue weighted by Gasteiger charge is -2.19. The molecule has 0 aliphatic carbocycles. The van der Waals surface area contributed by atoms with Gasteiger partial charge in [0.2, 0.25) is 0 Å². The van der Waals surface area contributed by atoms with E-state index in [1.165, 1.54) is 0 Å². The van der Waals surface area contributed by atoms with Crippen LogP contribution in [0.15, 0.2) is 67.0 Å². The smallest absolute Gasteiger partial charge is 0.254 e. The lowest BCUT2D eigenvalue weighted by atomic mass is 10.2. The van der Waals surface area contributed by atoms with Crippen LogP contribution in [0.3, 0.4) is 0 Å². The van der Waals surface area contributed by atoms with Gasteiger partial charge in [-0.1, -0.05) is 18.2 Å². The average molecular weight is 371 g/mol. The van der Waals surface area contributed by atoms with Gasteiger partial charge in [-0.05, 0) is 49.7 Å². The Morgan fingerprint density at radius 2 is 2.00 bits per heavy atom. The van der Waals surface area contributed by atoms with Gasteiger partial charge in [-0.25, -0.2) is 9.67 Å². The van der Waals surface area contributed by atoms with Gasteiger partial charge in [0, 0.05) is 31.0 Å². The summed E-state index contributed by atoms with van der Waals surface area (Å²) in [5.41, 5.74) is 3.74. The lowest BCUT2D eigenvalue weighted by Crippen LogP contribution is -2.29. The number of likely N-dealkylation sites (tertiary alicyclic amines) is 1. The maximum atomic E-state index is 13.1. The van der Waals surface area contributed by atoms with E-state index in [9.17, 15) is 4.79 Å². The first-order valence-electron chi connectivity index (χ1n) is 9.53. The standard InChI is InChI=1S/C22H21N5O/c1-16-24-20-8-2-3-9-21(20)27(16)19-10-13-25(15-19)22(28)17-6-4-7-18(14-17)26-12-5-11-23-26/h2-9,11-12,14,19H,10,13,15H2,1H3/t19-/m1/s1. The topological polar surface area (TPSA) is 56.0 Å². The highest BCUT2D eigenvalue weighted by molar-refractivity contribution is 5.95. The Labute approximate surface area is 163 Å². The van der Waals surface area contributed by atoms with Crippen LogP contribution in [0.25, 0.3) is 16.7 Å². The summed E-state index contributed by atoms with van der Waals surface area (Å²) in [6, 6.07) is 18.0. The number of hydrogen-bond acceptors (Lipinski definition) is 3. The predicted octanol–water partition coefficient (Wildman–Crippen LogP) is 3.62. The summed E-state index contributed by atoms with van der Waals surface area (Å²) < 4.78 is 4.05. The van der Waals surface area contributed by atoms with E-state index >= 15 is 0 Å². The molecule has 4 aromatic rings. The number of aromatic nitrogens is 4. The minimum atomic E-state index is 0.0681.